The Morgan fingerprint density at radius 1 is 1.12 bits per heavy atom. The van der Waals surface area contributed by atoms with Crippen molar-refractivity contribution in [3.63, 3.8) is 0 Å². The molecule has 1 aromatic carbocycles. The van der Waals surface area contributed by atoms with E-state index in [2.05, 4.69) is 43.2 Å². The number of fused-ring (bicyclic) bond motifs is 1. The van der Waals surface area contributed by atoms with Crippen molar-refractivity contribution in [2.24, 2.45) is 0 Å². The molecule has 1 unspecified atom stereocenters. The Kier molecular flexibility index (Phi) is 9.54. The molecule has 3 heterocycles. The first-order valence-electron chi connectivity index (χ1n) is 14.8. The summed E-state index contributed by atoms with van der Waals surface area (Å²) in [7, 11) is 0. The van der Waals surface area contributed by atoms with E-state index < -0.39 is 89.3 Å². The summed E-state index contributed by atoms with van der Waals surface area (Å²) in [4.78, 5) is 31.2. The standard InChI is InChI=1S/C32H29BrF7N5O4/c1-29(2,3)49-28(47)44-15-30(48,16-44)8-6-20-4-5-22(33)25(41-20)23(12-17-10-18(34)13-19(35)11-17)42-24(46)14-45-27-21(7-9-31(27,36)37)26(43-45)32(38,39)40/h4-5,10-11,13,23,48H,7,9,12,14-16H2,1-3H3,(H,42,46). The van der Waals surface area contributed by atoms with E-state index in [9.17, 15) is 45.4 Å². The molecule has 2 N–H and O–H groups in total. The number of alkyl halides is 5. The van der Waals surface area contributed by atoms with Crippen LogP contribution in [0.15, 0.2) is 34.8 Å². The van der Waals surface area contributed by atoms with Crippen LogP contribution in [-0.4, -0.2) is 61.1 Å². The van der Waals surface area contributed by atoms with Crippen LogP contribution in [0, 0.1) is 23.5 Å². The van der Waals surface area contributed by atoms with Gasteiger partial charge in [0.25, 0.3) is 5.92 Å². The molecule has 0 saturated carbocycles. The number of carbonyl (C=O) groups excluding carboxylic acids is 2. The van der Waals surface area contributed by atoms with E-state index in [0.717, 1.165) is 12.1 Å². The largest absolute Gasteiger partial charge is 0.444 e. The van der Waals surface area contributed by atoms with Crippen LogP contribution in [0.25, 0.3) is 0 Å². The van der Waals surface area contributed by atoms with Crippen molar-refractivity contribution in [3.05, 3.63) is 80.3 Å². The second-order valence-electron chi connectivity index (χ2n) is 12.8. The summed E-state index contributed by atoms with van der Waals surface area (Å²) < 4.78 is 104. The summed E-state index contributed by atoms with van der Waals surface area (Å²) in [6.07, 6.45) is -7.41. The number of rotatable bonds is 6. The first-order valence-corrected chi connectivity index (χ1v) is 15.6. The number of aromatic nitrogens is 3. The lowest BCUT2D eigenvalue weighted by molar-refractivity contribution is -0.142. The number of pyridine rings is 1. The Bertz CT molecular complexity index is 1840. The van der Waals surface area contributed by atoms with Gasteiger partial charge < -0.3 is 20.1 Å². The zero-order valence-electron chi connectivity index (χ0n) is 26.2. The first kappa shape index (κ1) is 36.1. The van der Waals surface area contributed by atoms with Crippen molar-refractivity contribution < 1.29 is 50.2 Å². The fraction of sp³-hybridized carbons (Fsp3) is 0.438. The fourth-order valence-corrected chi connectivity index (χ4v) is 6.01. The lowest BCUT2D eigenvalue weighted by Gasteiger charge is -2.43. The molecule has 1 aliphatic heterocycles. The molecule has 2 aliphatic rings. The maximum absolute atomic E-state index is 14.6. The second kappa shape index (κ2) is 12.9. The van der Waals surface area contributed by atoms with Crippen LogP contribution in [0.5, 0.6) is 0 Å². The van der Waals surface area contributed by atoms with Gasteiger partial charge in [0.1, 0.15) is 35.2 Å². The maximum Gasteiger partial charge on any atom is 0.435 e. The molecule has 49 heavy (non-hydrogen) atoms. The lowest BCUT2D eigenvalue weighted by Crippen LogP contribution is -2.63. The summed E-state index contributed by atoms with van der Waals surface area (Å²) in [6, 6.07) is 4.37. The number of halogens is 8. The van der Waals surface area contributed by atoms with Gasteiger partial charge in [-0.05, 0) is 85.3 Å². The van der Waals surface area contributed by atoms with E-state index in [1.807, 2.05) is 0 Å². The number of aliphatic hydroxyl groups is 1. The van der Waals surface area contributed by atoms with Crippen LogP contribution < -0.4 is 5.32 Å². The smallest absolute Gasteiger partial charge is 0.435 e. The molecule has 1 atom stereocenters. The Hall–Kier alpha value is -4.17. The van der Waals surface area contributed by atoms with Gasteiger partial charge in [-0.25, -0.2) is 18.6 Å². The number of ether oxygens (including phenoxy) is 1. The Labute approximate surface area is 283 Å². The molecule has 1 fully saturated rings. The highest BCUT2D eigenvalue weighted by Crippen LogP contribution is 2.46. The molecule has 262 valence electrons. The van der Waals surface area contributed by atoms with E-state index in [1.54, 1.807) is 20.8 Å². The molecule has 17 heteroatoms. The zero-order valence-corrected chi connectivity index (χ0v) is 27.8. The van der Waals surface area contributed by atoms with Crippen LogP contribution >= 0.6 is 15.9 Å². The number of nitrogens with zero attached hydrogens (tertiary/aromatic N) is 4. The normalized spacial score (nSPS) is 17.0. The van der Waals surface area contributed by atoms with E-state index in [0.29, 0.717) is 10.7 Å². The number of amides is 2. The molecule has 0 bridgehead atoms. The van der Waals surface area contributed by atoms with Gasteiger partial charge in [0, 0.05) is 22.5 Å². The maximum atomic E-state index is 14.6. The summed E-state index contributed by atoms with van der Waals surface area (Å²) in [5.74, 6) is -1.20. The molecule has 5 rings (SSSR count). The molecular weight excluding hydrogens is 731 g/mol. The van der Waals surface area contributed by atoms with Gasteiger partial charge in [0.05, 0.1) is 24.8 Å². The third kappa shape index (κ3) is 8.35. The van der Waals surface area contributed by atoms with Crippen LogP contribution in [0.2, 0.25) is 0 Å². The number of benzene rings is 1. The number of hydrogen-bond donors (Lipinski definition) is 2. The molecule has 0 radical (unpaired) electrons. The van der Waals surface area contributed by atoms with Gasteiger partial charge in [-0.1, -0.05) is 5.92 Å². The van der Waals surface area contributed by atoms with Gasteiger partial charge in [-0.15, -0.1) is 0 Å². The SMILES string of the molecule is CC(C)(C)OC(=O)N1CC(O)(C#Cc2ccc(Br)c(C(Cc3cc(F)cc(F)c3)NC(=O)Cn3nc(C(F)(F)F)c4c3C(F)(F)CC4)n2)C1. The van der Waals surface area contributed by atoms with Gasteiger partial charge >= 0.3 is 12.3 Å². The lowest BCUT2D eigenvalue weighted by atomic mass is 9.95. The van der Waals surface area contributed by atoms with Crippen LogP contribution in [0.3, 0.4) is 0 Å². The number of likely N-dealkylation sites (tertiary alicyclic amines) is 1. The van der Waals surface area contributed by atoms with Crippen LogP contribution in [-0.2, 0) is 41.0 Å². The summed E-state index contributed by atoms with van der Waals surface area (Å²) >= 11 is 3.31. The third-order valence-corrected chi connectivity index (χ3v) is 8.20. The minimum absolute atomic E-state index is 0.0601. The van der Waals surface area contributed by atoms with Gasteiger partial charge in [0.2, 0.25) is 5.91 Å². The number of β-amino-alcohol motifs (C(OH)–C–C–N with tert-alkyl or cyclic N) is 1. The highest BCUT2D eigenvalue weighted by Gasteiger charge is 2.50. The number of carbonyl (C=O) groups is 2. The topological polar surface area (TPSA) is 110 Å². The molecule has 2 aromatic heterocycles. The average molecular weight is 761 g/mol. The zero-order chi connectivity index (χ0) is 36.1. The van der Waals surface area contributed by atoms with Crippen molar-refractivity contribution in [1.29, 1.82) is 0 Å². The summed E-state index contributed by atoms with van der Waals surface area (Å²) in [6.45, 7) is 3.76. The second-order valence-corrected chi connectivity index (χ2v) is 13.7. The van der Waals surface area contributed by atoms with Crippen molar-refractivity contribution in [2.45, 2.75) is 75.9 Å². The van der Waals surface area contributed by atoms with Crippen molar-refractivity contribution in [3.8, 4) is 11.8 Å². The number of nitrogens with one attached hydrogen (secondary N) is 1. The van der Waals surface area contributed by atoms with E-state index >= 15 is 0 Å². The van der Waals surface area contributed by atoms with Crippen molar-refractivity contribution >= 4 is 27.9 Å². The highest BCUT2D eigenvalue weighted by molar-refractivity contribution is 9.10. The molecule has 2 amide bonds. The quantitative estimate of drug-likeness (QED) is 0.243. The Morgan fingerprint density at radius 2 is 1.78 bits per heavy atom. The predicted molar refractivity (Wildman–Crippen MR) is 162 cm³/mol. The minimum Gasteiger partial charge on any atom is -0.444 e. The molecule has 3 aromatic rings. The van der Waals surface area contributed by atoms with Gasteiger partial charge in [0.15, 0.2) is 11.3 Å². The van der Waals surface area contributed by atoms with Crippen molar-refractivity contribution in [2.75, 3.05) is 13.1 Å². The van der Waals surface area contributed by atoms with Crippen LogP contribution in [0.4, 0.5) is 35.5 Å². The highest BCUT2D eigenvalue weighted by atomic mass is 79.9. The molecule has 0 spiro atoms. The van der Waals surface area contributed by atoms with E-state index in [4.69, 9.17) is 4.74 Å². The first-order chi connectivity index (χ1) is 22.6. The van der Waals surface area contributed by atoms with Crippen LogP contribution in [0.1, 0.15) is 67.1 Å². The molecule has 9 nitrogen and oxygen atoms in total. The van der Waals surface area contributed by atoms with Gasteiger partial charge in [-0.3, -0.25) is 9.48 Å². The average Bonchev–Trinajstić information content (AvgIpc) is 3.46. The molecular formula is C32H29BrF7N5O4. The van der Waals surface area contributed by atoms with Crippen molar-refractivity contribution in [1.82, 2.24) is 25.0 Å². The summed E-state index contributed by atoms with van der Waals surface area (Å²) in [5, 5.41) is 16.6. The van der Waals surface area contributed by atoms with E-state index in [-0.39, 0.29) is 40.9 Å². The third-order valence-electron chi connectivity index (χ3n) is 7.53. The Balaban J connectivity index is 1.42. The number of hydrogen-bond acceptors (Lipinski definition) is 6. The van der Waals surface area contributed by atoms with E-state index in [1.165, 1.54) is 17.0 Å². The van der Waals surface area contributed by atoms with Gasteiger partial charge in [-0.2, -0.15) is 27.1 Å². The monoisotopic (exact) mass is 759 g/mol. The molecule has 1 aliphatic carbocycles. The minimum atomic E-state index is -5.03. The predicted octanol–water partition coefficient (Wildman–Crippen LogP) is 5.81. The summed E-state index contributed by atoms with van der Waals surface area (Å²) in [5.41, 5.74) is -5.32. The Morgan fingerprint density at radius 3 is 2.39 bits per heavy atom. The molecule has 1 saturated heterocycles. The fourth-order valence-electron chi connectivity index (χ4n) is 5.52.